The highest BCUT2D eigenvalue weighted by molar-refractivity contribution is 9.10. The fourth-order valence-electron chi connectivity index (χ4n) is 2.00. The van der Waals surface area contributed by atoms with E-state index in [4.69, 9.17) is 4.42 Å². The lowest BCUT2D eigenvalue weighted by Crippen LogP contribution is -2.22. The lowest BCUT2D eigenvalue weighted by atomic mass is 9.99. The fourth-order valence-corrected chi connectivity index (χ4v) is 2.39. The molecule has 96 valence electrons. The van der Waals surface area contributed by atoms with E-state index < -0.39 is 0 Å². The molecule has 1 aromatic carbocycles. The van der Waals surface area contributed by atoms with Crippen LogP contribution in [0.2, 0.25) is 0 Å². The summed E-state index contributed by atoms with van der Waals surface area (Å²) < 4.78 is 19.1. The Labute approximate surface area is 114 Å². The Kier molecular flexibility index (Phi) is 4.19. The zero-order valence-electron chi connectivity index (χ0n) is 10.3. The maximum Gasteiger partial charge on any atom is 0.137 e. The number of benzene rings is 1. The number of halogens is 2. The summed E-state index contributed by atoms with van der Waals surface area (Å²) in [7, 11) is 0. The van der Waals surface area contributed by atoms with E-state index in [1.807, 2.05) is 19.9 Å². The number of aryl methyl sites for hydroxylation is 1. The third-order valence-corrected chi connectivity index (χ3v) is 3.50. The first-order valence-corrected chi connectivity index (χ1v) is 6.65. The lowest BCUT2D eigenvalue weighted by Gasteiger charge is -2.18. The second-order valence-electron chi connectivity index (χ2n) is 4.10. The van der Waals surface area contributed by atoms with Gasteiger partial charge in [0.2, 0.25) is 0 Å². The minimum absolute atomic E-state index is 0.0191. The number of furan rings is 1. The van der Waals surface area contributed by atoms with Crippen LogP contribution >= 0.6 is 15.9 Å². The Bertz CT molecular complexity index is 538. The van der Waals surface area contributed by atoms with Crippen LogP contribution < -0.4 is 5.32 Å². The van der Waals surface area contributed by atoms with E-state index in [1.165, 1.54) is 6.07 Å². The lowest BCUT2D eigenvalue weighted by molar-refractivity contribution is 0.519. The zero-order chi connectivity index (χ0) is 13.1. The van der Waals surface area contributed by atoms with Crippen LogP contribution in [0.1, 0.15) is 29.9 Å². The molecule has 0 spiro atoms. The molecule has 0 fully saturated rings. The van der Waals surface area contributed by atoms with Crippen LogP contribution in [-0.4, -0.2) is 6.54 Å². The molecule has 2 aromatic rings. The van der Waals surface area contributed by atoms with Gasteiger partial charge in [-0.2, -0.15) is 0 Å². The van der Waals surface area contributed by atoms with E-state index >= 15 is 0 Å². The highest BCUT2D eigenvalue weighted by atomic mass is 79.9. The standard InChI is InChI=1S/C14H15BrFNO/c1-3-17-14(11-6-7-18-9(11)2)10-4-5-13(16)12(15)8-10/h4-8,14,17H,3H2,1-2H3. The van der Waals surface area contributed by atoms with Gasteiger partial charge in [0.1, 0.15) is 11.6 Å². The summed E-state index contributed by atoms with van der Waals surface area (Å²) in [4.78, 5) is 0. The third kappa shape index (κ3) is 2.65. The largest absolute Gasteiger partial charge is 0.469 e. The summed E-state index contributed by atoms with van der Waals surface area (Å²) in [6.45, 7) is 4.80. The predicted octanol–water partition coefficient (Wildman–Crippen LogP) is 4.19. The van der Waals surface area contributed by atoms with Gasteiger partial charge >= 0.3 is 0 Å². The van der Waals surface area contributed by atoms with Crippen LogP contribution in [0.5, 0.6) is 0 Å². The molecule has 2 rings (SSSR count). The van der Waals surface area contributed by atoms with Gasteiger partial charge in [0.05, 0.1) is 16.8 Å². The molecule has 0 aliphatic carbocycles. The van der Waals surface area contributed by atoms with Crippen LogP contribution in [0.4, 0.5) is 4.39 Å². The Morgan fingerprint density at radius 2 is 2.17 bits per heavy atom. The van der Waals surface area contributed by atoms with Crippen molar-refractivity contribution < 1.29 is 8.81 Å². The molecule has 18 heavy (non-hydrogen) atoms. The van der Waals surface area contributed by atoms with Crippen molar-refractivity contribution in [3.8, 4) is 0 Å². The molecule has 1 heterocycles. The predicted molar refractivity (Wildman–Crippen MR) is 73.1 cm³/mol. The molecule has 0 amide bonds. The second kappa shape index (κ2) is 5.67. The maximum atomic E-state index is 13.3. The molecule has 0 saturated heterocycles. The van der Waals surface area contributed by atoms with E-state index in [9.17, 15) is 4.39 Å². The molecule has 0 aliphatic heterocycles. The van der Waals surface area contributed by atoms with Gasteiger partial charge in [-0.15, -0.1) is 0 Å². The van der Waals surface area contributed by atoms with Crippen molar-refractivity contribution in [1.29, 1.82) is 0 Å². The maximum absolute atomic E-state index is 13.3. The van der Waals surface area contributed by atoms with E-state index in [2.05, 4.69) is 21.2 Å². The van der Waals surface area contributed by atoms with E-state index in [0.717, 1.165) is 23.4 Å². The molecule has 0 radical (unpaired) electrons. The molecule has 1 atom stereocenters. The quantitative estimate of drug-likeness (QED) is 0.916. The molecule has 1 unspecified atom stereocenters. The van der Waals surface area contributed by atoms with Gasteiger partial charge in [0.15, 0.2) is 0 Å². The summed E-state index contributed by atoms with van der Waals surface area (Å²) in [5.74, 6) is 0.624. The second-order valence-corrected chi connectivity index (χ2v) is 4.95. The molecule has 4 heteroatoms. The third-order valence-electron chi connectivity index (χ3n) is 2.90. The SMILES string of the molecule is CCNC(c1ccc(F)c(Br)c1)c1ccoc1C. The van der Waals surface area contributed by atoms with Gasteiger partial charge in [-0.1, -0.05) is 13.0 Å². The van der Waals surface area contributed by atoms with Crippen LogP contribution in [0, 0.1) is 12.7 Å². The van der Waals surface area contributed by atoms with Crippen molar-refractivity contribution in [2.45, 2.75) is 19.9 Å². The van der Waals surface area contributed by atoms with E-state index in [1.54, 1.807) is 18.4 Å². The summed E-state index contributed by atoms with van der Waals surface area (Å²) in [6, 6.07) is 7.03. The monoisotopic (exact) mass is 311 g/mol. The van der Waals surface area contributed by atoms with E-state index in [-0.39, 0.29) is 11.9 Å². The molecule has 0 bridgehead atoms. The minimum atomic E-state index is -0.252. The summed E-state index contributed by atoms with van der Waals surface area (Å²) in [5.41, 5.74) is 2.09. The van der Waals surface area contributed by atoms with Crippen LogP contribution in [0.25, 0.3) is 0 Å². The normalized spacial score (nSPS) is 12.7. The van der Waals surface area contributed by atoms with Crippen molar-refractivity contribution >= 4 is 15.9 Å². The number of rotatable bonds is 4. The van der Waals surface area contributed by atoms with Gasteiger partial charge in [0, 0.05) is 5.56 Å². The van der Waals surface area contributed by atoms with Gasteiger partial charge in [-0.3, -0.25) is 0 Å². The number of hydrogen-bond acceptors (Lipinski definition) is 2. The Hall–Kier alpha value is -1.13. The smallest absolute Gasteiger partial charge is 0.137 e. The van der Waals surface area contributed by atoms with Crippen molar-refractivity contribution in [3.63, 3.8) is 0 Å². The van der Waals surface area contributed by atoms with Crippen molar-refractivity contribution in [1.82, 2.24) is 5.32 Å². The molecule has 0 aliphatic rings. The molecule has 1 aromatic heterocycles. The number of hydrogen-bond donors (Lipinski definition) is 1. The highest BCUT2D eigenvalue weighted by Crippen LogP contribution is 2.28. The van der Waals surface area contributed by atoms with Crippen LogP contribution in [0.15, 0.2) is 39.4 Å². The Morgan fingerprint density at radius 1 is 1.39 bits per heavy atom. The first-order chi connectivity index (χ1) is 8.63. The van der Waals surface area contributed by atoms with Gasteiger partial charge in [0.25, 0.3) is 0 Å². The molecule has 0 saturated carbocycles. The van der Waals surface area contributed by atoms with Crippen molar-refractivity contribution in [2.24, 2.45) is 0 Å². The van der Waals surface area contributed by atoms with Crippen molar-refractivity contribution in [2.75, 3.05) is 6.54 Å². The van der Waals surface area contributed by atoms with Crippen molar-refractivity contribution in [3.05, 3.63) is 57.7 Å². The highest BCUT2D eigenvalue weighted by Gasteiger charge is 2.17. The van der Waals surface area contributed by atoms with Gasteiger partial charge < -0.3 is 9.73 Å². The number of nitrogens with one attached hydrogen (secondary N) is 1. The Balaban J connectivity index is 2.41. The summed E-state index contributed by atoms with van der Waals surface area (Å²) >= 11 is 3.22. The van der Waals surface area contributed by atoms with E-state index in [0.29, 0.717) is 4.47 Å². The fraction of sp³-hybridized carbons (Fsp3) is 0.286. The topological polar surface area (TPSA) is 25.2 Å². The molecular weight excluding hydrogens is 297 g/mol. The summed E-state index contributed by atoms with van der Waals surface area (Å²) in [6.07, 6.45) is 1.67. The van der Waals surface area contributed by atoms with Crippen LogP contribution in [-0.2, 0) is 0 Å². The van der Waals surface area contributed by atoms with Gasteiger partial charge in [-0.25, -0.2) is 4.39 Å². The van der Waals surface area contributed by atoms with Gasteiger partial charge in [-0.05, 0) is 53.2 Å². The minimum Gasteiger partial charge on any atom is -0.469 e. The first-order valence-electron chi connectivity index (χ1n) is 5.85. The molecule has 2 nitrogen and oxygen atoms in total. The summed E-state index contributed by atoms with van der Waals surface area (Å²) in [5, 5.41) is 3.39. The average Bonchev–Trinajstić information content (AvgIpc) is 2.76. The molecule has 1 N–H and O–H groups in total. The average molecular weight is 312 g/mol. The Morgan fingerprint density at radius 3 is 2.72 bits per heavy atom. The molecular formula is C14H15BrFNO. The van der Waals surface area contributed by atoms with Crippen LogP contribution in [0.3, 0.4) is 0 Å². The first kappa shape index (κ1) is 13.3. The zero-order valence-corrected chi connectivity index (χ0v) is 11.9.